The van der Waals surface area contributed by atoms with Crippen molar-refractivity contribution in [3.8, 4) is 0 Å². The second-order valence-electron chi connectivity index (χ2n) is 5.41. The van der Waals surface area contributed by atoms with Crippen molar-refractivity contribution in [1.29, 1.82) is 0 Å². The van der Waals surface area contributed by atoms with Crippen molar-refractivity contribution >= 4 is 62.9 Å². The minimum Gasteiger partial charge on any atom is -0.357 e. The number of hydrogen-bond acceptors (Lipinski definition) is 3. The number of nitrogens with zero attached hydrogens (tertiary/aromatic N) is 3. The second kappa shape index (κ2) is 9.54. The number of rotatable bonds is 5. The molecule has 0 saturated heterocycles. The third kappa shape index (κ3) is 5.68. The first-order chi connectivity index (χ1) is 11.6. The van der Waals surface area contributed by atoms with Crippen molar-refractivity contribution in [1.82, 2.24) is 20.0 Å². The molecule has 0 fully saturated rings. The molecule has 0 unspecified atom stereocenters. The molecule has 0 spiro atoms. The zero-order chi connectivity index (χ0) is 16.9. The molecular weight excluding hydrogens is 513 g/mol. The van der Waals surface area contributed by atoms with Gasteiger partial charge in [0.05, 0.1) is 18.8 Å². The van der Waals surface area contributed by atoms with Crippen LogP contribution in [0.1, 0.15) is 22.4 Å². The summed E-state index contributed by atoms with van der Waals surface area (Å²) in [6.07, 6.45) is 4.01. The third-order valence-corrected chi connectivity index (χ3v) is 4.90. The number of halogens is 2. The van der Waals surface area contributed by atoms with E-state index in [9.17, 15) is 0 Å². The maximum Gasteiger partial charge on any atom is 0.191 e. The summed E-state index contributed by atoms with van der Waals surface area (Å²) >= 11 is 5.27. The van der Waals surface area contributed by atoms with Gasteiger partial charge in [0, 0.05) is 33.2 Å². The van der Waals surface area contributed by atoms with Gasteiger partial charge in [0.2, 0.25) is 0 Å². The van der Waals surface area contributed by atoms with Crippen LogP contribution in [0, 0.1) is 6.92 Å². The maximum atomic E-state index is 4.63. The van der Waals surface area contributed by atoms with Crippen LogP contribution in [-0.2, 0) is 13.1 Å². The van der Waals surface area contributed by atoms with Crippen LogP contribution in [-0.4, -0.2) is 21.9 Å². The largest absolute Gasteiger partial charge is 0.357 e. The summed E-state index contributed by atoms with van der Waals surface area (Å²) in [5.74, 6) is 0.807. The lowest BCUT2D eigenvalue weighted by molar-refractivity contribution is 0.820. The highest BCUT2D eigenvalue weighted by atomic mass is 127. The molecule has 8 heteroatoms. The Kier molecular flexibility index (Phi) is 7.70. The van der Waals surface area contributed by atoms with Crippen molar-refractivity contribution in [2.75, 3.05) is 6.54 Å². The first-order valence-electron chi connectivity index (χ1n) is 7.84. The summed E-state index contributed by atoms with van der Waals surface area (Å²) in [5, 5.41) is 6.64. The van der Waals surface area contributed by atoms with Crippen LogP contribution in [0.25, 0.3) is 5.65 Å². The van der Waals surface area contributed by atoms with E-state index >= 15 is 0 Å². The average molecular weight is 534 g/mol. The van der Waals surface area contributed by atoms with Gasteiger partial charge in [-0.15, -0.1) is 35.3 Å². The smallest absolute Gasteiger partial charge is 0.191 e. The molecule has 0 radical (unpaired) electrons. The first kappa shape index (κ1) is 20.2. The van der Waals surface area contributed by atoms with Gasteiger partial charge in [0.25, 0.3) is 0 Å². The van der Waals surface area contributed by atoms with Gasteiger partial charge in [-0.1, -0.05) is 0 Å². The molecule has 0 saturated carbocycles. The number of thiophene rings is 1. The first-order valence-corrected chi connectivity index (χ1v) is 9.45. The number of aryl methyl sites for hydroxylation is 1. The zero-order valence-electron chi connectivity index (χ0n) is 14.1. The number of nitrogens with one attached hydrogen (secondary N) is 2. The normalized spacial score (nSPS) is 11.4. The molecule has 0 atom stereocenters. The Bertz CT molecular complexity index is 858. The van der Waals surface area contributed by atoms with Gasteiger partial charge in [-0.3, -0.25) is 0 Å². The predicted molar refractivity (Wildman–Crippen MR) is 119 cm³/mol. The average Bonchev–Trinajstić information content (AvgIpc) is 3.15. The Morgan fingerprint density at radius 1 is 1.24 bits per heavy atom. The molecule has 0 aliphatic heterocycles. The molecule has 3 aromatic heterocycles. The lowest BCUT2D eigenvalue weighted by Gasteiger charge is -2.09. The van der Waals surface area contributed by atoms with Crippen LogP contribution >= 0.6 is 51.2 Å². The monoisotopic (exact) mass is 533 g/mol. The molecule has 0 amide bonds. The number of hydrogen-bond donors (Lipinski definition) is 2. The molecule has 3 heterocycles. The highest BCUT2D eigenvalue weighted by molar-refractivity contribution is 14.0. The van der Waals surface area contributed by atoms with Crippen LogP contribution in [0.15, 0.2) is 46.1 Å². The molecule has 3 rings (SSSR count). The number of pyridine rings is 1. The Labute approximate surface area is 177 Å². The number of aromatic nitrogens is 2. The molecule has 5 nitrogen and oxygen atoms in total. The van der Waals surface area contributed by atoms with Gasteiger partial charge < -0.3 is 15.0 Å². The minimum absolute atomic E-state index is 0. The fraction of sp³-hybridized carbons (Fsp3) is 0.294. The fourth-order valence-electron chi connectivity index (χ4n) is 2.35. The summed E-state index contributed by atoms with van der Waals surface area (Å²) in [6.45, 7) is 6.33. The van der Waals surface area contributed by atoms with Crippen LogP contribution in [0.2, 0.25) is 0 Å². The van der Waals surface area contributed by atoms with E-state index in [0.717, 1.165) is 34.9 Å². The summed E-state index contributed by atoms with van der Waals surface area (Å²) in [4.78, 5) is 11.8. The summed E-state index contributed by atoms with van der Waals surface area (Å²) in [7, 11) is 0. The number of aliphatic imine (C=N–C) groups is 1. The zero-order valence-corrected chi connectivity index (χ0v) is 18.9. The Hall–Kier alpha value is -1.13. The van der Waals surface area contributed by atoms with E-state index in [1.807, 2.05) is 28.9 Å². The van der Waals surface area contributed by atoms with Gasteiger partial charge >= 0.3 is 0 Å². The minimum atomic E-state index is 0. The molecular formula is C17H21BrIN5S. The van der Waals surface area contributed by atoms with Crippen LogP contribution in [0.4, 0.5) is 0 Å². The van der Waals surface area contributed by atoms with Crippen LogP contribution < -0.4 is 10.6 Å². The maximum absolute atomic E-state index is 4.63. The van der Waals surface area contributed by atoms with E-state index in [1.54, 1.807) is 11.3 Å². The number of guanidine groups is 1. The van der Waals surface area contributed by atoms with Crippen molar-refractivity contribution < 1.29 is 0 Å². The Morgan fingerprint density at radius 3 is 2.80 bits per heavy atom. The van der Waals surface area contributed by atoms with E-state index in [4.69, 9.17) is 0 Å². The summed E-state index contributed by atoms with van der Waals surface area (Å²) in [5.41, 5.74) is 1.87. The molecule has 0 aliphatic rings. The molecule has 3 aromatic rings. The van der Waals surface area contributed by atoms with Gasteiger partial charge in [-0.25, -0.2) is 9.98 Å². The summed E-state index contributed by atoms with van der Waals surface area (Å²) < 4.78 is 3.03. The molecule has 2 N–H and O–H groups in total. The van der Waals surface area contributed by atoms with Crippen LogP contribution in [0.3, 0.4) is 0 Å². The molecule has 134 valence electrons. The van der Waals surface area contributed by atoms with Gasteiger partial charge in [0.1, 0.15) is 5.65 Å². The second-order valence-corrected chi connectivity index (χ2v) is 7.69. The lowest BCUT2D eigenvalue weighted by atomic mass is 10.4. The SMILES string of the molecule is CCNC(=NCc1cn2cc(Br)ccc2n1)NCc1ccc(C)s1.I. The van der Waals surface area contributed by atoms with Gasteiger partial charge in [0.15, 0.2) is 5.96 Å². The highest BCUT2D eigenvalue weighted by Gasteiger charge is 2.04. The van der Waals surface area contributed by atoms with Gasteiger partial charge in [-0.05, 0) is 54.0 Å². The fourth-order valence-corrected chi connectivity index (χ4v) is 3.53. The van der Waals surface area contributed by atoms with Crippen molar-refractivity contribution in [3.05, 3.63) is 56.6 Å². The van der Waals surface area contributed by atoms with Gasteiger partial charge in [-0.2, -0.15) is 0 Å². The van der Waals surface area contributed by atoms with E-state index in [0.29, 0.717) is 6.54 Å². The molecule has 0 aromatic carbocycles. The quantitative estimate of drug-likeness (QED) is 0.291. The van der Waals surface area contributed by atoms with Crippen molar-refractivity contribution in [2.24, 2.45) is 4.99 Å². The van der Waals surface area contributed by atoms with Crippen LogP contribution in [0.5, 0.6) is 0 Å². The predicted octanol–water partition coefficient (Wildman–Crippen LogP) is 4.34. The van der Waals surface area contributed by atoms with E-state index in [1.165, 1.54) is 9.75 Å². The highest BCUT2D eigenvalue weighted by Crippen LogP contribution is 2.15. The molecule has 0 bridgehead atoms. The number of imidazole rings is 1. The lowest BCUT2D eigenvalue weighted by Crippen LogP contribution is -2.36. The summed E-state index contributed by atoms with van der Waals surface area (Å²) in [6, 6.07) is 8.26. The third-order valence-electron chi connectivity index (χ3n) is 3.43. The Balaban J connectivity index is 0.00000225. The standard InChI is InChI=1S/C17H20BrN5S.HI/c1-3-19-17(21-9-15-6-4-12(2)24-15)20-8-14-11-23-10-13(18)5-7-16(23)22-14;/h4-7,10-11H,3,8-9H2,1-2H3,(H2,19,20,21);1H. The van der Waals surface area contributed by atoms with E-state index in [-0.39, 0.29) is 24.0 Å². The molecule has 25 heavy (non-hydrogen) atoms. The van der Waals surface area contributed by atoms with E-state index in [2.05, 4.69) is 62.5 Å². The van der Waals surface area contributed by atoms with Crippen molar-refractivity contribution in [2.45, 2.75) is 26.9 Å². The topological polar surface area (TPSA) is 53.7 Å². The Morgan fingerprint density at radius 2 is 2.08 bits per heavy atom. The number of fused-ring (bicyclic) bond motifs is 1. The van der Waals surface area contributed by atoms with Crippen molar-refractivity contribution in [3.63, 3.8) is 0 Å². The molecule has 0 aliphatic carbocycles. The van der Waals surface area contributed by atoms with E-state index < -0.39 is 0 Å².